The molecule has 0 bridgehead atoms. The summed E-state index contributed by atoms with van der Waals surface area (Å²) in [5.74, 6) is 0.543. The van der Waals surface area contributed by atoms with E-state index in [0.29, 0.717) is 5.82 Å². The highest BCUT2D eigenvalue weighted by Gasteiger charge is 2.12. The molecule has 0 aliphatic heterocycles. The summed E-state index contributed by atoms with van der Waals surface area (Å²) >= 11 is 3.23. The third kappa shape index (κ3) is 4.61. The summed E-state index contributed by atoms with van der Waals surface area (Å²) in [5, 5.41) is 0. The summed E-state index contributed by atoms with van der Waals surface area (Å²) in [4.78, 5) is 3.93. The third-order valence-corrected chi connectivity index (χ3v) is 3.63. The number of nitrogens with zero attached hydrogens (tertiary/aromatic N) is 1. The van der Waals surface area contributed by atoms with Crippen LogP contribution in [0.25, 0.3) is 0 Å². The minimum absolute atomic E-state index is 0.0953. The number of nitrogens with one attached hydrogen (secondary N) is 1. The number of hydrogen-bond acceptors (Lipinski definition) is 3. The highest BCUT2D eigenvalue weighted by Crippen LogP contribution is 2.12. The largest absolute Gasteiger partial charge is 0.267 e. The zero-order chi connectivity index (χ0) is 11.5. The van der Waals surface area contributed by atoms with Crippen molar-refractivity contribution in [1.29, 1.82) is 0 Å². The molecule has 6 heteroatoms. The summed E-state index contributed by atoms with van der Waals surface area (Å²) in [6.07, 6.45) is 1.55. The molecule has 0 amide bonds. The summed E-state index contributed by atoms with van der Waals surface area (Å²) in [6.45, 7) is 3.71. The molecule has 0 radical (unpaired) electrons. The van der Waals surface area contributed by atoms with Crippen LogP contribution >= 0.6 is 15.9 Å². The fourth-order valence-electron chi connectivity index (χ4n) is 1.08. The molecule has 84 valence electrons. The lowest BCUT2D eigenvalue weighted by molar-refractivity contribution is 0.587. The molecule has 0 unspecified atom stereocenters. The van der Waals surface area contributed by atoms with Crippen molar-refractivity contribution in [2.75, 3.05) is 10.5 Å². The van der Waals surface area contributed by atoms with Gasteiger partial charge < -0.3 is 0 Å². The van der Waals surface area contributed by atoms with Crippen molar-refractivity contribution in [3.63, 3.8) is 0 Å². The number of sulfonamides is 1. The lowest BCUT2D eigenvalue weighted by Gasteiger charge is -2.08. The van der Waals surface area contributed by atoms with Gasteiger partial charge in [-0.3, -0.25) is 4.72 Å². The van der Waals surface area contributed by atoms with E-state index in [1.807, 2.05) is 13.8 Å². The second-order valence-corrected chi connectivity index (χ2v) is 6.32. The summed E-state index contributed by atoms with van der Waals surface area (Å²) in [6, 6.07) is 3.35. The molecule has 0 saturated heterocycles. The van der Waals surface area contributed by atoms with Gasteiger partial charge in [-0.1, -0.05) is 13.8 Å². The maximum Gasteiger partial charge on any atom is 0.234 e. The summed E-state index contributed by atoms with van der Waals surface area (Å²) in [5.41, 5.74) is 0. The fourth-order valence-corrected chi connectivity index (χ4v) is 2.71. The van der Waals surface area contributed by atoms with Gasteiger partial charge in [0.25, 0.3) is 0 Å². The molecule has 0 saturated carbocycles. The van der Waals surface area contributed by atoms with Crippen LogP contribution in [-0.4, -0.2) is 19.2 Å². The number of anilines is 1. The van der Waals surface area contributed by atoms with Gasteiger partial charge in [0.1, 0.15) is 5.82 Å². The Morgan fingerprint density at radius 3 is 2.60 bits per heavy atom. The Balaban J connectivity index is 2.73. The van der Waals surface area contributed by atoms with Crippen molar-refractivity contribution in [3.8, 4) is 0 Å². The van der Waals surface area contributed by atoms with Crippen LogP contribution in [0.15, 0.2) is 22.8 Å². The van der Waals surface area contributed by atoms with Gasteiger partial charge in [-0.2, -0.15) is 0 Å². The van der Waals surface area contributed by atoms with Crippen molar-refractivity contribution in [1.82, 2.24) is 4.98 Å². The van der Waals surface area contributed by atoms with Crippen LogP contribution in [0.3, 0.4) is 0 Å². The van der Waals surface area contributed by atoms with Crippen LogP contribution in [0.1, 0.15) is 13.8 Å². The van der Waals surface area contributed by atoms with Crippen molar-refractivity contribution < 1.29 is 8.42 Å². The molecular weight excluding hydrogens is 280 g/mol. The molecule has 0 aliphatic carbocycles. The molecule has 4 nitrogen and oxygen atoms in total. The maximum absolute atomic E-state index is 11.5. The van der Waals surface area contributed by atoms with Crippen molar-refractivity contribution in [2.24, 2.45) is 5.92 Å². The Labute approximate surface area is 98.3 Å². The smallest absolute Gasteiger partial charge is 0.234 e. The minimum Gasteiger partial charge on any atom is -0.267 e. The molecule has 0 fully saturated rings. The molecule has 0 atom stereocenters. The molecule has 0 spiro atoms. The third-order valence-electron chi connectivity index (χ3n) is 1.54. The van der Waals surface area contributed by atoms with Crippen molar-refractivity contribution in [2.45, 2.75) is 13.8 Å². The molecule has 1 N–H and O–H groups in total. The first-order valence-electron chi connectivity index (χ1n) is 4.51. The number of aromatic nitrogens is 1. The van der Waals surface area contributed by atoms with Crippen LogP contribution in [0.2, 0.25) is 0 Å². The minimum atomic E-state index is -3.27. The van der Waals surface area contributed by atoms with Crippen LogP contribution in [0, 0.1) is 5.92 Å². The molecular formula is C9H13BrN2O2S. The molecule has 0 aromatic carbocycles. The van der Waals surface area contributed by atoms with E-state index >= 15 is 0 Å². The van der Waals surface area contributed by atoms with E-state index in [-0.39, 0.29) is 11.7 Å². The molecule has 1 heterocycles. The normalized spacial score (nSPS) is 11.7. The monoisotopic (exact) mass is 292 g/mol. The average Bonchev–Trinajstić information content (AvgIpc) is 2.06. The van der Waals surface area contributed by atoms with E-state index in [2.05, 4.69) is 25.6 Å². The molecule has 15 heavy (non-hydrogen) atoms. The molecule has 1 aromatic rings. The van der Waals surface area contributed by atoms with Crippen LogP contribution in [0.5, 0.6) is 0 Å². The lowest BCUT2D eigenvalue weighted by atomic mass is 10.3. The van der Waals surface area contributed by atoms with E-state index < -0.39 is 10.0 Å². The predicted octanol–water partition coefficient (Wildman–Crippen LogP) is 2.24. The summed E-state index contributed by atoms with van der Waals surface area (Å²) in [7, 11) is -3.27. The van der Waals surface area contributed by atoms with Gasteiger partial charge in [-0.15, -0.1) is 0 Å². The predicted molar refractivity (Wildman–Crippen MR) is 64.2 cm³/mol. The van der Waals surface area contributed by atoms with Crippen LogP contribution < -0.4 is 4.72 Å². The Bertz CT molecular complexity index is 414. The zero-order valence-electron chi connectivity index (χ0n) is 8.57. The zero-order valence-corrected chi connectivity index (χ0v) is 11.0. The van der Waals surface area contributed by atoms with E-state index in [0.717, 1.165) is 4.47 Å². The number of rotatable bonds is 4. The van der Waals surface area contributed by atoms with E-state index in [1.165, 1.54) is 0 Å². The highest BCUT2D eigenvalue weighted by atomic mass is 79.9. The second-order valence-electron chi connectivity index (χ2n) is 3.64. The van der Waals surface area contributed by atoms with Crippen molar-refractivity contribution in [3.05, 3.63) is 22.8 Å². The summed E-state index contributed by atoms with van der Waals surface area (Å²) < 4.78 is 26.3. The van der Waals surface area contributed by atoms with Gasteiger partial charge in [0, 0.05) is 10.7 Å². The Morgan fingerprint density at radius 1 is 1.47 bits per heavy atom. The first kappa shape index (κ1) is 12.4. The first-order chi connectivity index (χ1) is 6.89. The Morgan fingerprint density at radius 2 is 2.13 bits per heavy atom. The number of halogens is 1. The fraction of sp³-hybridized carbons (Fsp3) is 0.444. The number of hydrogen-bond donors (Lipinski definition) is 1. The molecule has 1 rings (SSSR count). The Kier molecular flexibility index (Phi) is 4.10. The van der Waals surface area contributed by atoms with E-state index in [9.17, 15) is 8.42 Å². The quantitative estimate of drug-likeness (QED) is 0.926. The Hall–Kier alpha value is -0.620. The van der Waals surface area contributed by atoms with E-state index in [1.54, 1.807) is 18.3 Å². The highest BCUT2D eigenvalue weighted by molar-refractivity contribution is 9.10. The first-order valence-corrected chi connectivity index (χ1v) is 6.95. The second kappa shape index (κ2) is 4.94. The van der Waals surface area contributed by atoms with Gasteiger partial charge in [0.15, 0.2) is 0 Å². The standard InChI is InChI=1S/C9H13BrN2O2S/c1-7(2)6-15(13,14)12-9-4-3-8(10)5-11-9/h3-5,7H,6H2,1-2H3,(H,11,12). The average molecular weight is 293 g/mol. The lowest BCUT2D eigenvalue weighted by Crippen LogP contribution is -2.20. The molecule has 1 aromatic heterocycles. The van der Waals surface area contributed by atoms with Gasteiger partial charge in [0.05, 0.1) is 5.75 Å². The van der Waals surface area contributed by atoms with E-state index in [4.69, 9.17) is 0 Å². The van der Waals surface area contributed by atoms with Gasteiger partial charge in [-0.05, 0) is 34.0 Å². The molecule has 0 aliphatic rings. The SMILES string of the molecule is CC(C)CS(=O)(=O)Nc1ccc(Br)cn1. The van der Waals surface area contributed by atoms with Crippen LogP contribution in [-0.2, 0) is 10.0 Å². The number of pyridine rings is 1. The van der Waals surface area contributed by atoms with Crippen molar-refractivity contribution >= 4 is 31.8 Å². The van der Waals surface area contributed by atoms with Gasteiger partial charge in [-0.25, -0.2) is 13.4 Å². The maximum atomic E-state index is 11.5. The van der Waals surface area contributed by atoms with Gasteiger partial charge >= 0.3 is 0 Å². The topological polar surface area (TPSA) is 59.1 Å². The van der Waals surface area contributed by atoms with Crippen LogP contribution in [0.4, 0.5) is 5.82 Å². The van der Waals surface area contributed by atoms with Gasteiger partial charge in [0.2, 0.25) is 10.0 Å².